The maximum absolute atomic E-state index is 12.3. The van der Waals surface area contributed by atoms with Crippen molar-refractivity contribution in [1.29, 1.82) is 0 Å². The van der Waals surface area contributed by atoms with Crippen molar-refractivity contribution in [3.63, 3.8) is 0 Å². The summed E-state index contributed by atoms with van der Waals surface area (Å²) < 4.78 is 12.3. The van der Waals surface area contributed by atoms with Crippen molar-refractivity contribution >= 4 is 34.2 Å². The number of carbonyl (C=O) groups is 1. The van der Waals surface area contributed by atoms with E-state index in [0.29, 0.717) is 24.0 Å². The summed E-state index contributed by atoms with van der Waals surface area (Å²) in [6, 6.07) is 11.2. The topological polar surface area (TPSA) is 63.5 Å². The minimum atomic E-state index is -0.163. The zero-order valence-corrected chi connectivity index (χ0v) is 16.4. The van der Waals surface area contributed by atoms with Crippen molar-refractivity contribution in [2.24, 2.45) is 5.92 Å². The third kappa shape index (κ3) is 5.49. The van der Waals surface area contributed by atoms with E-state index in [1.807, 2.05) is 24.3 Å². The van der Waals surface area contributed by atoms with Crippen LogP contribution in [0.1, 0.15) is 29.7 Å². The van der Waals surface area contributed by atoms with Gasteiger partial charge >= 0.3 is 0 Å². The molecule has 1 amide bonds. The lowest BCUT2D eigenvalue weighted by Crippen LogP contribution is -2.48. The smallest absolute Gasteiger partial charge is 0.287 e. The Hall–Kier alpha value is -1.50. The maximum Gasteiger partial charge on any atom is 0.287 e. The first kappa shape index (κ1) is 19.8. The van der Waals surface area contributed by atoms with E-state index < -0.39 is 0 Å². The molecule has 2 aromatic rings. The van der Waals surface area contributed by atoms with Crippen LogP contribution in [-0.2, 0) is 6.61 Å². The zero-order chi connectivity index (χ0) is 16.9. The number of nitrogens with one attached hydrogen (secondary N) is 2. The molecule has 1 aliphatic rings. The molecule has 0 spiro atoms. The van der Waals surface area contributed by atoms with Gasteiger partial charge in [-0.25, -0.2) is 0 Å². The normalized spacial score (nSPS) is 19.8. The molecular weight excluding hydrogens is 408 g/mol. The number of carbonyl (C=O) groups excluding carboxylic acids is 1. The summed E-state index contributed by atoms with van der Waals surface area (Å²) in [5.74, 6) is 1.96. The van der Waals surface area contributed by atoms with Crippen molar-refractivity contribution < 1.29 is 13.9 Å². The number of halogens is 2. The first-order valence-electron chi connectivity index (χ1n) is 8.10. The molecule has 3 rings (SSSR count). The van der Waals surface area contributed by atoms with Gasteiger partial charge in [-0.1, -0.05) is 22.9 Å². The molecule has 1 aromatic heterocycles. The van der Waals surface area contributed by atoms with Crippen molar-refractivity contribution in [2.45, 2.75) is 26.0 Å². The van der Waals surface area contributed by atoms with Crippen molar-refractivity contribution in [3.8, 4) is 5.75 Å². The number of piperidine rings is 1. The Bertz CT molecular complexity index is 690. The van der Waals surface area contributed by atoms with Gasteiger partial charge in [0.1, 0.15) is 18.1 Å². The van der Waals surface area contributed by atoms with Gasteiger partial charge < -0.3 is 19.8 Å². The van der Waals surface area contributed by atoms with E-state index in [1.54, 1.807) is 12.1 Å². The largest absolute Gasteiger partial charge is 0.486 e. The number of furan rings is 1. The average Bonchev–Trinajstić information content (AvgIpc) is 3.06. The van der Waals surface area contributed by atoms with Crippen LogP contribution in [0, 0.1) is 5.92 Å². The van der Waals surface area contributed by atoms with Crippen LogP contribution in [-0.4, -0.2) is 25.0 Å². The second-order valence-corrected chi connectivity index (χ2v) is 6.97. The van der Waals surface area contributed by atoms with Gasteiger partial charge in [-0.15, -0.1) is 12.4 Å². The fourth-order valence-electron chi connectivity index (χ4n) is 2.73. The molecule has 2 atom stereocenters. The third-order valence-corrected chi connectivity index (χ3v) is 4.71. The first-order valence-corrected chi connectivity index (χ1v) is 8.90. The lowest BCUT2D eigenvalue weighted by Gasteiger charge is -2.29. The van der Waals surface area contributed by atoms with Gasteiger partial charge in [0.2, 0.25) is 0 Å². The van der Waals surface area contributed by atoms with Gasteiger partial charge in [-0.3, -0.25) is 4.79 Å². The van der Waals surface area contributed by atoms with Gasteiger partial charge in [0.15, 0.2) is 5.76 Å². The molecule has 2 heterocycles. The summed E-state index contributed by atoms with van der Waals surface area (Å²) in [5, 5.41) is 6.38. The summed E-state index contributed by atoms with van der Waals surface area (Å²) in [6.07, 6.45) is 0.938. The maximum atomic E-state index is 12.3. The molecule has 1 fully saturated rings. The molecule has 136 valence electrons. The van der Waals surface area contributed by atoms with Gasteiger partial charge in [-0.2, -0.15) is 0 Å². The van der Waals surface area contributed by atoms with Gasteiger partial charge in [-0.05, 0) is 61.8 Å². The van der Waals surface area contributed by atoms with Gasteiger partial charge in [0, 0.05) is 10.5 Å². The fraction of sp³-hybridized carbons (Fsp3) is 0.389. The number of ether oxygens (including phenoxy) is 1. The van der Waals surface area contributed by atoms with E-state index in [4.69, 9.17) is 9.15 Å². The molecule has 1 aromatic carbocycles. The fourth-order valence-corrected chi connectivity index (χ4v) is 3.00. The predicted molar refractivity (Wildman–Crippen MR) is 102 cm³/mol. The van der Waals surface area contributed by atoms with Crippen LogP contribution in [0.3, 0.4) is 0 Å². The highest BCUT2D eigenvalue weighted by molar-refractivity contribution is 9.10. The van der Waals surface area contributed by atoms with Crippen molar-refractivity contribution in [2.75, 3.05) is 13.1 Å². The Kier molecular flexibility index (Phi) is 7.35. The van der Waals surface area contributed by atoms with Crippen LogP contribution >= 0.6 is 28.3 Å². The Labute approximate surface area is 162 Å². The number of hydrogen-bond donors (Lipinski definition) is 2. The Morgan fingerprint density at radius 1 is 1.32 bits per heavy atom. The minimum absolute atomic E-state index is 0. The Morgan fingerprint density at radius 2 is 2.08 bits per heavy atom. The van der Waals surface area contributed by atoms with E-state index in [1.165, 1.54) is 0 Å². The van der Waals surface area contributed by atoms with E-state index in [0.717, 1.165) is 29.7 Å². The molecule has 7 heteroatoms. The second kappa shape index (κ2) is 9.27. The molecule has 0 radical (unpaired) electrons. The van der Waals surface area contributed by atoms with E-state index in [2.05, 4.69) is 33.5 Å². The van der Waals surface area contributed by atoms with Crippen molar-refractivity contribution in [3.05, 3.63) is 52.4 Å². The van der Waals surface area contributed by atoms with Gasteiger partial charge in [0.25, 0.3) is 5.91 Å². The number of amides is 1. The summed E-state index contributed by atoms with van der Waals surface area (Å²) in [4.78, 5) is 12.3. The zero-order valence-electron chi connectivity index (χ0n) is 14.0. The molecule has 25 heavy (non-hydrogen) atoms. The monoisotopic (exact) mass is 428 g/mol. The predicted octanol–water partition coefficient (Wildman–Crippen LogP) is 3.77. The molecular formula is C18H22BrClN2O3. The van der Waals surface area contributed by atoms with Crippen LogP contribution in [0.2, 0.25) is 0 Å². The third-order valence-electron chi connectivity index (χ3n) is 4.18. The summed E-state index contributed by atoms with van der Waals surface area (Å²) in [6.45, 7) is 4.28. The lowest BCUT2D eigenvalue weighted by molar-refractivity contribution is 0.0882. The highest BCUT2D eigenvalue weighted by Gasteiger charge is 2.24. The van der Waals surface area contributed by atoms with Crippen LogP contribution in [0.5, 0.6) is 5.75 Å². The highest BCUT2D eigenvalue weighted by Crippen LogP contribution is 2.18. The number of benzene rings is 1. The van der Waals surface area contributed by atoms with Crippen LogP contribution in [0.15, 0.2) is 45.3 Å². The number of rotatable bonds is 5. The molecule has 2 unspecified atom stereocenters. The van der Waals surface area contributed by atoms with E-state index >= 15 is 0 Å². The average molecular weight is 430 g/mol. The standard InChI is InChI=1S/C18H21BrN2O3.ClH/c1-12-10-20-9-8-16(12)21-18(22)17-7-6-15(24-17)11-23-14-4-2-13(19)3-5-14;/h2-7,12,16,20H,8-11H2,1H3,(H,21,22);1H. The summed E-state index contributed by atoms with van der Waals surface area (Å²) in [7, 11) is 0. The molecule has 5 nitrogen and oxygen atoms in total. The molecule has 0 aliphatic carbocycles. The van der Waals surface area contributed by atoms with Crippen LogP contribution in [0.25, 0.3) is 0 Å². The molecule has 1 aliphatic heterocycles. The SMILES string of the molecule is CC1CNCCC1NC(=O)c1ccc(COc2ccc(Br)cc2)o1.Cl. The minimum Gasteiger partial charge on any atom is -0.486 e. The van der Waals surface area contributed by atoms with Gasteiger partial charge in [0.05, 0.1) is 0 Å². The number of hydrogen-bond acceptors (Lipinski definition) is 4. The lowest BCUT2D eigenvalue weighted by atomic mass is 9.95. The van der Waals surface area contributed by atoms with Crippen molar-refractivity contribution in [1.82, 2.24) is 10.6 Å². The molecule has 1 saturated heterocycles. The first-order chi connectivity index (χ1) is 11.6. The van der Waals surface area contributed by atoms with E-state index in [9.17, 15) is 4.79 Å². The summed E-state index contributed by atoms with van der Waals surface area (Å²) >= 11 is 3.38. The molecule has 2 N–H and O–H groups in total. The van der Waals surface area contributed by atoms with Crippen LogP contribution in [0.4, 0.5) is 0 Å². The Morgan fingerprint density at radius 3 is 2.80 bits per heavy atom. The quantitative estimate of drug-likeness (QED) is 0.759. The molecule has 0 saturated carbocycles. The Balaban J connectivity index is 0.00000225. The second-order valence-electron chi connectivity index (χ2n) is 6.06. The van der Waals surface area contributed by atoms with E-state index in [-0.39, 0.29) is 24.4 Å². The summed E-state index contributed by atoms with van der Waals surface area (Å²) in [5.41, 5.74) is 0. The highest BCUT2D eigenvalue weighted by atomic mass is 79.9. The molecule has 0 bridgehead atoms. The van der Waals surface area contributed by atoms with Crippen LogP contribution < -0.4 is 15.4 Å².